The first kappa shape index (κ1) is 17.3. The Hall–Kier alpha value is -3.13. The first-order valence-electron chi connectivity index (χ1n) is 8.00. The Morgan fingerprint density at radius 1 is 1.19 bits per heavy atom. The maximum absolute atomic E-state index is 13.5. The van der Waals surface area contributed by atoms with Crippen molar-refractivity contribution in [3.8, 4) is 11.5 Å². The van der Waals surface area contributed by atoms with Gasteiger partial charge in [0.2, 0.25) is 5.89 Å². The van der Waals surface area contributed by atoms with E-state index in [1.807, 2.05) is 0 Å². The summed E-state index contributed by atoms with van der Waals surface area (Å²) in [5.41, 5.74) is 3.02. The number of fused-ring (bicyclic) bond motifs is 1. The lowest BCUT2D eigenvalue weighted by Crippen LogP contribution is -2.27. The summed E-state index contributed by atoms with van der Waals surface area (Å²) >= 11 is 3.37. The standard InChI is InChI=1S/C19H13BrFN3O3/c20-15-3-1-12(21)7-14(15)18-24-16-8-13(2-4-17(16)27-18)23-19(25)22-9-11-5-6-26-10-11/h1-8,10H,9H2,(H2,22,23,25). The molecule has 6 nitrogen and oxygen atoms in total. The second-order valence-corrected chi connectivity index (χ2v) is 6.62. The van der Waals surface area contributed by atoms with Crippen LogP contribution in [0.2, 0.25) is 0 Å². The minimum absolute atomic E-state index is 0.290. The number of hydrogen-bond acceptors (Lipinski definition) is 4. The van der Waals surface area contributed by atoms with Crippen molar-refractivity contribution in [2.24, 2.45) is 0 Å². The van der Waals surface area contributed by atoms with Gasteiger partial charge in [0.1, 0.15) is 11.3 Å². The number of nitrogens with zero attached hydrogens (tertiary/aromatic N) is 1. The zero-order chi connectivity index (χ0) is 18.8. The van der Waals surface area contributed by atoms with Gasteiger partial charge in [0.25, 0.3) is 0 Å². The monoisotopic (exact) mass is 429 g/mol. The molecule has 0 aliphatic carbocycles. The molecule has 8 heteroatoms. The molecule has 136 valence electrons. The lowest BCUT2D eigenvalue weighted by molar-refractivity contribution is 0.251. The van der Waals surface area contributed by atoms with Crippen molar-refractivity contribution in [2.45, 2.75) is 6.54 Å². The van der Waals surface area contributed by atoms with Gasteiger partial charge in [0.05, 0.1) is 18.1 Å². The summed E-state index contributed by atoms with van der Waals surface area (Å²) < 4.78 is 24.8. The summed E-state index contributed by atoms with van der Waals surface area (Å²) in [6, 6.07) is 10.8. The highest BCUT2D eigenvalue weighted by atomic mass is 79.9. The largest absolute Gasteiger partial charge is 0.472 e. The fourth-order valence-corrected chi connectivity index (χ4v) is 2.95. The van der Waals surface area contributed by atoms with Crippen molar-refractivity contribution in [3.05, 3.63) is 70.8 Å². The van der Waals surface area contributed by atoms with Gasteiger partial charge >= 0.3 is 6.03 Å². The number of carbonyl (C=O) groups excluding carboxylic acids is 1. The second kappa shape index (κ2) is 7.24. The van der Waals surface area contributed by atoms with Gasteiger partial charge in [-0.05, 0) is 58.4 Å². The minimum atomic E-state index is -0.382. The van der Waals surface area contributed by atoms with Crippen molar-refractivity contribution >= 4 is 38.7 Å². The van der Waals surface area contributed by atoms with Gasteiger partial charge in [-0.1, -0.05) is 0 Å². The number of anilines is 1. The van der Waals surface area contributed by atoms with Crippen molar-refractivity contribution in [2.75, 3.05) is 5.32 Å². The van der Waals surface area contributed by atoms with Crippen molar-refractivity contribution in [1.82, 2.24) is 10.3 Å². The summed E-state index contributed by atoms with van der Waals surface area (Å²) in [5.74, 6) is -0.0926. The number of aromatic nitrogens is 1. The Kier molecular flexibility index (Phi) is 4.64. The highest BCUT2D eigenvalue weighted by Gasteiger charge is 2.13. The van der Waals surface area contributed by atoms with Crippen LogP contribution in [0.5, 0.6) is 0 Å². The van der Waals surface area contributed by atoms with Crippen LogP contribution < -0.4 is 10.6 Å². The minimum Gasteiger partial charge on any atom is -0.472 e. The third-order valence-electron chi connectivity index (χ3n) is 3.84. The number of furan rings is 1. The van der Waals surface area contributed by atoms with E-state index < -0.39 is 0 Å². The molecule has 0 saturated heterocycles. The lowest BCUT2D eigenvalue weighted by atomic mass is 10.2. The maximum Gasteiger partial charge on any atom is 0.319 e. The molecule has 0 aliphatic rings. The molecule has 2 heterocycles. The third-order valence-corrected chi connectivity index (χ3v) is 4.53. The molecule has 0 fully saturated rings. The molecular formula is C19H13BrFN3O3. The van der Waals surface area contributed by atoms with Crippen LogP contribution in [0.15, 0.2) is 68.3 Å². The van der Waals surface area contributed by atoms with Gasteiger partial charge in [-0.25, -0.2) is 14.2 Å². The Morgan fingerprint density at radius 3 is 2.89 bits per heavy atom. The summed E-state index contributed by atoms with van der Waals surface area (Å²) in [6.45, 7) is 0.353. The first-order chi connectivity index (χ1) is 13.1. The average molecular weight is 430 g/mol. The highest BCUT2D eigenvalue weighted by Crippen LogP contribution is 2.31. The van der Waals surface area contributed by atoms with E-state index in [0.29, 0.717) is 33.4 Å². The van der Waals surface area contributed by atoms with E-state index >= 15 is 0 Å². The number of urea groups is 1. The molecule has 2 aromatic heterocycles. The van der Waals surface area contributed by atoms with Crippen LogP contribution in [0.25, 0.3) is 22.6 Å². The van der Waals surface area contributed by atoms with Gasteiger partial charge in [0, 0.05) is 22.3 Å². The molecule has 0 saturated carbocycles. The van der Waals surface area contributed by atoms with Crippen LogP contribution in [0.1, 0.15) is 5.56 Å². The zero-order valence-corrected chi connectivity index (χ0v) is 15.4. The van der Waals surface area contributed by atoms with Gasteiger partial charge < -0.3 is 19.5 Å². The quantitative estimate of drug-likeness (QED) is 0.460. The van der Waals surface area contributed by atoms with Crippen LogP contribution in [0.4, 0.5) is 14.9 Å². The highest BCUT2D eigenvalue weighted by molar-refractivity contribution is 9.10. The average Bonchev–Trinajstić information content (AvgIpc) is 3.31. The van der Waals surface area contributed by atoms with Crippen LogP contribution in [0, 0.1) is 5.82 Å². The molecule has 0 bridgehead atoms. The molecule has 4 rings (SSSR count). The molecule has 0 unspecified atom stereocenters. The Morgan fingerprint density at radius 2 is 2.07 bits per heavy atom. The van der Waals surface area contributed by atoms with Crippen molar-refractivity contribution in [3.63, 3.8) is 0 Å². The van der Waals surface area contributed by atoms with Crippen LogP contribution in [-0.2, 0) is 6.54 Å². The van der Waals surface area contributed by atoms with Crippen LogP contribution >= 0.6 is 15.9 Å². The number of nitrogens with one attached hydrogen (secondary N) is 2. The molecule has 27 heavy (non-hydrogen) atoms. The Balaban J connectivity index is 1.52. The Labute approximate surface area is 161 Å². The van der Waals surface area contributed by atoms with E-state index in [4.69, 9.17) is 8.83 Å². The number of oxazole rings is 1. The molecule has 0 radical (unpaired) electrons. The number of amides is 2. The topological polar surface area (TPSA) is 80.3 Å². The van der Waals surface area contributed by atoms with Gasteiger partial charge in [-0.3, -0.25) is 0 Å². The summed E-state index contributed by atoms with van der Waals surface area (Å²) in [5, 5.41) is 5.46. The normalized spacial score (nSPS) is 10.9. The fourth-order valence-electron chi connectivity index (χ4n) is 2.53. The van der Waals surface area contributed by atoms with Gasteiger partial charge in [-0.2, -0.15) is 0 Å². The van der Waals surface area contributed by atoms with E-state index in [1.54, 1.807) is 42.9 Å². The summed E-state index contributed by atoms with van der Waals surface area (Å²) in [4.78, 5) is 16.4. The smallest absolute Gasteiger partial charge is 0.319 e. The number of carbonyl (C=O) groups is 1. The van der Waals surface area contributed by atoms with Crippen LogP contribution in [-0.4, -0.2) is 11.0 Å². The molecule has 2 aromatic carbocycles. The second-order valence-electron chi connectivity index (χ2n) is 5.76. The molecule has 0 atom stereocenters. The molecule has 2 amide bonds. The molecule has 4 aromatic rings. The number of benzene rings is 2. The predicted octanol–water partition coefficient (Wildman–Crippen LogP) is 5.31. The predicted molar refractivity (Wildman–Crippen MR) is 102 cm³/mol. The van der Waals surface area contributed by atoms with E-state index in [9.17, 15) is 9.18 Å². The number of hydrogen-bond donors (Lipinski definition) is 2. The van der Waals surface area contributed by atoms with Gasteiger partial charge in [-0.15, -0.1) is 0 Å². The first-order valence-corrected chi connectivity index (χ1v) is 8.80. The molecule has 0 spiro atoms. The molecule has 2 N–H and O–H groups in total. The van der Waals surface area contributed by atoms with E-state index in [2.05, 4.69) is 31.5 Å². The number of halogens is 2. The van der Waals surface area contributed by atoms with E-state index in [0.717, 1.165) is 5.56 Å². The van der Waals surface area contributed by atoms with Crippen molar-refractivity contribution in [1.29, 1.82) is 0 Å². The van der Waals surface area contributed by atoms with E-state index in [1.165, 1.54) is 12.1 Å². The van der Waals surface area contributed by atoms with Crippen molar-refractivity contribution < 1.29 is 18.0 Å². The van der Waals surface area contributed by atoms with Crippen LogP contribution in [0.3, 0.4) is 0 Å². The number of rotatable bonds is 4. The molecular weight excluding hydrogens is 417 g/mol. The zero-order valence-electron chi connectivity index (χ0n) is 13.8. The Bertz CT molecular complexity index is 1110. The van der Waals surface area contributed by atoms with Gasteiger partial charge in [0.15, 0.2) is 5.58 Å². The summed E-state index contributed by atoms with van der Waals surface area (Å²) in [7, 11) is 0. The summed E-state index contributed by atoms with van der Waals surface area (Å²) in [6.07, 6.45) is 3.11. The molecule has 0 aliphatic heterocycles. The SMILES string of the molecule is O=C(NCc1ccoc1)Nc1ccc2oc(-c3cc(F)ccc3Br)nc2c1. The lowest BCUT2D eigenvalue weighted by Gasteiger charge is -2.06. The van der Waals surface area contributed by atoms with E-state index in [-0.39, 0.29) is 17.7 Å². The third kappa shape index (κ3) is 3.85. The maximum atomic E-state index is 13.5. The fraction of sp³-hybridized carbons (Fsp3) is 0.0526.